The van der Waals surface area contributed by atoms with E-state index in [0.717, 1.165) is 4.47 Å². The fourth-order valence-electron chi connectivity index (χ4n) is 2.04. The Morgan fingerprint density at radius 2 is 2.32 bits per heavy atom. The van der Waals surface area contributed by atoms with E-state index in [-0.39, 0.29) is 17.9 Å². The van der Waals surface area contributed by atoms with Crippen LogP contribution in [0.5, 0.6) is 0 Å². The van der Waals surface area contributed by atoms with Gasteiger partial charge < -0.3 is 15.4 Å². The fourth-order valence-corrected chi connectivity index (χ4v) is 2.40. The van der Waals surface area contributed by atoms with Gasteiger partial charge in [0.05, 0.1) is 30.4 Å². The van der Waals surface area contributed by atoms with Gasteiger partial charge in [0.2, 0.25) is 5.91 Å². The lowest BCUT2D eigenvalue weighted by molar-refractivity contribution is -0.120. The van der Waals surface area contributed by atoms with E-state index in [4.69, 9.17) is 10.00 Å². The van der Waals surface area contributed by atoms with Gasteiger partial charge in [-0.25, -0.2) is 0 Å². The zero-order valence-corrected chi connectivity index (χ0v) is 12.0. The van der Waals surface area contributed by atoms with Crippen molar-refractivity contribution in [1.82, 2.24) is 5.32 Å². The number of rotatable bonds is 3. The van der Waals surface area contributed by atoms with E-state index in [1.807, 2.05) is 0 Å². The standard InChI is InChI=1S/C13H14BrN3O2/c1-16-12-7-19-6-10(12)13(18)17-11-3-2-9(14)4-8(11)5-15/h2-4,10,12,16H,6-7H2,1H3,(H,17,18). The van der Waals surface area contributed by atoms with Gasteiger partial charge in [-0.2, -0.15) is 5.26 Å². The average Bonchev–Trinajstić information content (AvgIpc) is 2.89. The molecule has 1 aromatic carbocycles. The molecule has 0 saturated carbocycles. The second-order valence-corrected chi connectivity index (χ2v) is 5.25. The predicted molar refractivity (Wildman–Crippen MR) is 74.6 cm³/mol. The summed E-state index contributed by atoms with van der Waals surface area (Å²) in [6.45, 7) is 0.926. The first-order valence-electron chi connectivity index (χ1n) is 5.91. The highest BCUT2D eigenvalue weighted by molar-refractivity contribution is 9.10. The molecular weight excluding hydrogens is 310 g/mol. The second kappa shape index (κ2) is 6.15. The van der Waals surface area contributed by atoms with Gasteiger partial charge in [0, 0.05) is 10.5 Å². The van der Waals surface area contributed by atoms with E-state index in [2.05, 4.69) is 32.6 Å². The Bertz CT molecular complexity index is 527. The molecule has 1 fully saturated rings. The number of nitriles is 1. The molecule has 0 radical (unpaired) electrons. The largest absolute Gasteiger partial charge is 0.379 e. The Kier molecular flexibility index (Phi) is 4.53. The molecule has 2 atom stereocenters. The highest BCUT2D eigenvalue weighted by Gasteiger charge is 2.33. The van der Waals surface area contributed by atoms with Gasteiger partial charge in [0.1, 0.15) is 6.07 Å². The zero-order chi connectivity index (χ0) is 13.8. The van der Waals surface area contributed by atoms with Crippen LogP contribution < -0.4 is 10.6 Å². The molecular formula is C13H14BrN3O2. The Labute approximate surface area is 120 Å². The van der Waals surface area contributed by atoms with Gasteiger partial charge in [0.15, 0.2) is 0 Å². The summed E-state index contributed by atoms with van der Waals surface area (Å²) in [6.07, 6.45) is 0. The molecule has 100 valence electrons. The number of carbonyl (C=O) groups excluding carboxylic acids is 1. The quantitative estimate of drug-likeness (QED) is 0.883. The lowest BCUT2D eigenvalue weighted by Gasteiger charge is -2.16. The van der Waals surface area contributed by atoms with Crippen LogP contribution in [0.1, 0.15) is 5.56 Å². The van der Waals surface area contributed by atoms with Crippen molar-refractivity contribution in [2.45, 2.75) is 6.04 Å². The van der Waals surface area contributed by atoms with Crippen molar-refractivity contribution in [2.24, 2.45) is 5.92 Å². The van der Waals surface area contributed by atoms with Gasteiger partial charge in [0.25, 0.3) is 0 Å². The van der Waals surface area contributed by atoms with E-state index in [1.165, 1.54) is 0 Å². The minimum absolute atomic E-state index is 0.0148. The summed E-state index contributed by atoms with van der Waals surface area (Å²) in [4.78, 5) is 12.2. The summed E-state index contributed by atoms with van der Waals surface area (Å²) in [5.41, 5.74) is 0.958. The van der Waals surface area contributed by atoms with Crippen molar-refractivity contribution < 1.29 is 9.53 Å². The van der Waals surface area contributed by atoms with Crippen LogP contribution in [0, 0.1) is 17.2 Å². The number of hydrogen-bond acceptors (Lipinski definition) is 4. The highest BCUT2D eigenvalue weighted by atomic mass is 79.9. The first kappa shape index (κ1) is 14.0. The van der Waals surface area contributed by atoms with E-state index >= 15 is 0 Å². The van der Waals surface area contributed by atoms with Crippen LogP contribution in [0.25, 0.3) is 0 Å². The Hall–Kier alpha value is -1.42. The number of halogens is 1. The smallest absolute Gasteiger partial charge is 0.231 e. The third-order valence-electron chi connectivity index (χ3n) is 3.15. The van der Waals surface area contributed by atoms with Gasteiger partial charge in [-0.15, -0.1) is 0 Å². The van der Waals surface area contributed by atoms with E-state index in [1.54, 1.807) is 25.2 Å². The summed E-state index contributed by atoms with van der Waals surface area (Å²) in [6, 6.07) is 7.26. The van der Waals surface area contributed by atoms with Crippen LogP contribution in [-0.2, 0) is 9.53 Å². The number of carbonyl (C=O) groups is 1. The maximum Gasteiger partial charge on any atom is 0.231 e. The van der Waals surface area contributed by atoms with Crippen molar-refractivity contribution in [1.29, 1.82) is 5.26 Å². The first-order chi connectivity index (χ1) is 9.15. The van der Waals surface area contributed by atoms with Crippen molar-refractivity contribution in [3.05, 3.63) is 28.2 Å². The van der Waals surface area contributed by atoms with Crippen LogP contribution in [0.15, 0.2) is 22.7 Å². The Morgan fingerprint density at radius 3 is 3.00 bits per heavy atom. The first-order valence-corrected chi connectivity index (χ1v) is 6.70. The van der Waals surface area contributed by atoms with Gasteiger partial charge in [-0.1, -0.05) is 15.9 Å². The molecule has 0 aliphatic carbocycles. The molecule has 2 unspecified atom stereocenters. The van der Waals surface area contributed by atoms with Crippen LogP contribution >= 0.6 is 15.9 Å². The topological polar surface area (TPSA) is 74.2 Å². The third kappa shape index (κ3) is 3.13. The number of anilines is 1. The van der Waals surface area contributed by atoms with E-state index in [0.29, 0.717) is 24.5 Å². The molecule has 1 saturated heterocycles. The molecule has 5 nitrogen and oxygen atoms in total. The molecule has 0 aromatic heterocycles. The highest BCUT2D eigenvalue weighted by Crippen LogP contribution is 2.22. The van der Waals surface area contributed by atoms with Gasteiger partial charge >= 0.3 is 0 Å². The minimum atomic E-state index is -0.236. The maximum atomic E-state index is 12.2. The molecule has 19 heavy (non-hydrogen) atoms. The molecule has 2 N–H and O–H groups in total. The van der Waals surface area contributed by atoms with Crippen LogP contribution in [-0.4, -0.2) is 32.2 Å². The molecule has 1 aliphatic rings. The van der Waals surface area contributed by atoms with Crippen LogP contribution in [0.4, 0.5) is 5.69 Å². The predicted octanol–water partition coefficient (Wildman–Crippen LogP) is 1.49. The Balaban J connectivity index is 2.13. The van der Waals surface area contributed by atoms with Crippen LogP contribution in [0.3, 0.4) is 0 Å². The summed E-state index contributed by atoms with van der Waals surface area (Å²) in [5.74, 6) is -0.365. The van der Waals surface area contributed by atoms with Gasteiger partial charge in [-0.05, 0) is 25.2 Å². The number of benzene rings is 1. The van der Waals surface area contributed by atoms with E-state index in [9.17, 15) is 4.79 Å². The minimum Gasteiger partial charge on any atom is -0.379 e. The summed E-state index contributed by atoms with van der Waals surface area (Å²) < 4.78 is 6.10. The summed E-state index contributed by atoms with van der Waals surface area (Å²) in [5, 5.41) is 14.9. The molecule has 1 heterocycles. The number of likely N-dealkylation sites (N-methyl/N-ethyl adjacent to an activating group) is 1. The number of ether oxygens (including phenoxy) is 1. The second-order valence-electron chi connectivity index (χ2n) is 4.33. The number of nitrogens with zero attached hydrogens (tertiary/aromatic N) is 1. The molecule has 0 bridgehead atoms. The molecule has 1 aliphatic heterocycles. The Morgan fingerprint density at radius 1 is 1.53 bits per heavy atom. The molecule has 1 aromatic rings. The normalized spacial score (nSPS) is 21.9. The van der Waals surface area contributed by atoms with Crippen molar-refractivity contribution in [2.75, 3.05) is 25.6 Å². The van der Waals surface area contributed by atoms with Crippen molar-refractivity contribution in [3.63, 3.8) is 0 Å². The molecule has 6 heteroatoms. The van der Waals surface area contributed by atoms with E-state index < -0.39 is 0 Å². The zero-order valence-electron chi connectivity index (χ0n) is 10.4. The lowest BCUT2D eigenvalue weighted by Crippen LogP contribution is -2.39. The van der Waals surface area contributed by atoms with Gasteiger partial charge in [-0.3, -0.25) is 4.79 Å². The van der Waals surface area contributed by atoms with Crippen molar-refractivity contribution >= 4 is 27.5 Å². The average molecular weight is 324 g/mol. The summed E-state index contributed by atoms with van der Waals surface area (Å²) >= 11 is 3.30. The SMILES string of the molecule is CNC1COCC1C(=O)Nc1ccc(Br)cc1C#N. The third-order valence-corrected chi connectivity index (χ3v) is 3.64. The summed E-state index contributed by atoms with van der Waals surface area (Å²) in [7, 11) is 1.81. The molecule has 2 rings (SSSR count). The fraction of sp³-hybridized carbons (Fsp3) is 0.385. The monoisotopic (exact) mass is 323 g/mol. The lowest BCUT2D eigenvalue weighted by atomic mass is 10.0. The van der Waals surface area contributed by atoms with Crippen LogP contribution in [0.2, 0.25) is 0 Å². The number of amides is 1. The molecule has 1 amide bonds. The number of hydrogen-bond donors (Lipinski definition) is 2. The van der Waals surface area contributed by atoms with Crippen molar-refractivity contribution in [3.8, 4) is 6.07 Å². The number of nitrogens with one attached hydrogen (secondary N) is 2. The maximum absolute atomic E-state index is 12.2. The molecule has 0 spiro atoms.